The van der Waals surface area contributed by atoms with Crippen LogP contribution in [0.4, 0.5) is 5.95 Å². The van der Waals surface area contributed by atoms with Crippen molar-refractivity contribution in [1.82, 2.24) is 35.2 Å². The van der Waals surface area contributed by atoms with Gasteiger partial charge in [-0.2, -0.15) is 9.67 Å². The lowest BCUT2D eigenvalue weighted by molar-refractivity contribution is 0.0384. The van der Waals surface area contributed by atoms with Gasteiger partial charge in [-0.1, -0.05) is 35.2 Å². The maximum atomic E-state index is 6.02. The van der Waals surface area contributed by atoms with Crippen molar-refractivity contribution in [2.75, 3.05) is 64.5 Å². The standard InChI is InChI=1S/C19H26N8O2S2/c1-30-18-22-17(20)27(25-18)19-24-23-16(31-19)14-4-2-3-5-15(14)29-11-7-21-6-8-26-9-12-28-13-10-26/h2-5,21H,6-13H2,1H3,(H2,20,22,25). The molecule has 0 spiro atoms. The molecular weight excluding hydrogens is 436 g/mol. The first kappa shape index (κ1) is 22.0. The quantitative estimate of drug-likeness (QED) is 0.338. The molecule has 0 atom stereocenters. The van der Waals surface area contributed by atoms with Gasteiger partial charge in [0.1, 0.15) is 12.4 Å². The highest BCUT2D eigenvalue weighted by Crippen LogP contribution is 2.33. The Morgan fingerprint density at radius 3 is 2.87 bits per heavy atom. The van der Waals surface area contributed by atoms with Gasteiger partial charge in [0.15, 0.2) is 5.01 Å². The molecule has 0 aliphatic carbocycles. The highest BCUT2D eigenvalue weighted by atomic mass is 32.2. The molecule has 31 heavy (non-hydrogen) atoms. The third-order valence-electron chi connectivity index (χ3n) is 4.75. The molecule has 0 radical (unpaired) electrons. The summed E-state index contributed by atoms with van der Waals surface area (Å²) in [5, 5.41) is 18.2. The zero-order chi connectivity index (χ0) is 21.5. The first-order valence-electron chi connectivity index (χ1n) is 10.1. The summed E-state index contributed by atoms with van der Waals surface area (Å²) >= 11 is 2.82. The van der Waals surface area contributed by atoms with E-state index in [1.165, 1.54) is 27.8 Å². The van der Waals surface area contributed by atoms with Gasteiger partial charge in [0.25, 0.3) is 0 Å². The number of morpholine rings is 1. The Hall–Kier alpha value is -2.25. The fourth-order valence-corrected chi connectivity index (χ4v) is 4.31. The van der Waals surface area contributed by atoms with Crippen LogP contribution in [0.3, 0.4) is 0 Å². The summed E-state index contributed by atoms with van der Waals surface area (Å²) in [4.78, 5) is 6.60. The Balaban J connectivity index is 1.32. The Morgan fingerprint density at radius 1 is 1.23 bits per heavy atom. The van der Waals surface area contributed by atoms with Gasteiger partial charge in [-0.05, 0) is 18.4 Å². The number of anilines is 1. The second-order valence-electron chi connectivity index (χ2n) is 6.81. The van der Waals surface area contributed by atoms with E-state index in [2.05, 4.69) is 30.5 Å². The molecule has 3 N–H and O–H groups in total. The maximum absolute atomic E-state index is 6.02. The number of nitrogen functional groups attached to an aromatic ring is 1. The van der Waals surface area contributed by atoms with E-state index in [-0.39, 0.29) is 0 Å². The van der Waals surface area contributed by atoms with Crippen LogP contribution in [0.1, 0.15) is 0 Å². The number of hydrogen-bond acceptors (Lipinski definition) is 11. The van der Waals surface area contributed by atoms with Gasteiger partial charge in [0.2, 0.25) is 16.2 Å². The minimum Gasteiger partial charge on any atom is -0.492 e. The third-order valence-corrected chi connectivity index (χ3v) is 6.22. The summed E-state index contributed by atoms with van der Waals surface area (Å²) in [6.45, 7) is 6.97. The van der Waals surface area contributed by atoms with Crippen LogP contribution in [0, 0.1) is 0 Å². The molecule has 10 nitrogen and oxygen atoms in total. The molecule has 0 bridgehead atoms. The number of benzene rings is 1. The maximum Gasteiger partial charge on any atom is 0.236 e. The lowest BCUT2D eigenvalue weighted by Gasteiger charge is -2.26. The Kier molecular flexibility index (Phi) is 7.70. The lowest BCUT2D eigenvalue weighted by Crippen LogP contribution is -2.40. The zero-order valence-electron chi connectivity index (χ0n) is 17.4. The van der Waals surface area contributed by atoms with E-state index in [0.717, 1.165) is 62.3 Å². The number of nitrogens with one attached hydrogen (secondary N) is 1. The van der Waals surface area contributed by atoms with Gasteiger partial charge in [0.05, 0.1) is 18.8 Å². The van der Waals surface area contributed by atoms with E-state index in [0.29, 0.717) is 22.8 Å². The van der Waals surface area contributed by atoms with Crippen molar-refractivity contribution in [3.8, 4) is 21.5 Å². The molecule has 0 unspecified atom stereocenters. The minimum absolute atomic E-state index is 0.291. The predicted molar refractivity (Wildman–Crippen MR) is 122 cm³/mol. The number of aromatic nitrogens is 5. The molecule has 2 aromatic heterocycles. The lowest BCUT2D eigenvalue weighted by atomic mass is 10.2. The summed E-state index contributed by atoms with van der Waals surface area (Å²) in [6.07, 6.45) is 1.90. The molecule has 4 rings (SSSR count). The summed E-state index contributed by atoms with van der Waals surface area (Å²) < 4.78 is 12.9. The summed E-state index contributed by atoms with van der Waals surface area (Å²) in [6, 6.07) is 7.83. The first-order chi connectivity index (χ1) is 15.2. The van der Waals surface area contributed by atoms with Crippen LogP contribution in [-0.2, 0) is 4.74 Å². The Bertz CT molecular complexity index is 973. The molecule has 1 aliphatic heterocycles. The number of rotatable bonds is 10. The van der Waals surface area contributed by atoms with Gasteiger partial charge in [-0.15, -0.1) is 15.3 Å². The Labute approximate surface area is 189 Å². The number of para-hydroxylation sites is 1. The molecule has 0 saturated carbocycles. The van der Waals surface area contributed by atoms with Gasteiger partial charge in [-0.25, -0.2) is 0 Å². The molecule has 3 aromatic rings. The van der Waals surface area contributed by atoms with Crippen molar-refractivity contribution in [1.29, 1.82) is 0 Å². The molecular formula is C19H26N8O2S2. The second kappa shape index (κ2) is 10.9. The van der Waals surface area contributed by atoms with Crippen LogP contribution in [-0.4, -0.2) is 88.7 Å². The van der Waals surface area contributed by atoms with Crippen molar-refractivity contribution < 1.29 is 9.47 Å². The molecule has 0 amide bonds. The molecule has 1 saturated heterocycles. The fraction of sp³-hybridized carbons (Fsp3) is 0.474. The first-order valence-corrected chi connectivity index (χ1v) is 12.1. The highest BCUT2D eigenvalue weighted by molar-refractivity contribution is 7.98. The largest absolute Gasteiger partial charge is 0.492 e. The van der Waals surface area contributed by atoms with Crippen molar-refractivity contribution in [2.24, 2.45) is 0 Å². The van der Waals surface area contributed by atoms with Gasteiger partial charge in [0, 0.05) is 32.7 Å². The van der Waals surface area contributed by atoms with E-state index in [1.54, 1.807) is 0 Å². The van der Waals surface area contributed by atoms with Crippen LogP contribution in [0.5, 0.6) is 5.75 Å². The smallest absolute Gasteiger partial charge is 0.236 e. The van der Waals surface area contributed by atoms with Gasteiger partial charge >= 0.3 is 0 Å². The van der Waals surface area contributed by atoms with Crippen molar-refractivity contribution in [3.63, 3.8) is 0 Å². The van der Waals surface area contributed by atoms with E-state index in [1.807, 2.05) is 30.5 Å². The van der Waals surface area contributed by atoms with Crippen LogP contribution < -0.4 is 15.8 Å². The summed E-state index contributed by atoms with van der Waals surface area (Å²) in [5.74, 6) is 1.07. The minimum atomic E-state index is 0.291. The van der Waals surface area contributed by atoms with Crippen LogP contribution in [0.25, 0.3) is 15.7 Å². The molecule has 1 aliphatic rings. The molecule has 3 heterocycles. The van der Waals surface area contributed by atoms with Gasteiger partial charge < -0.3 is 20.5 Å². The molecule has 166 valence electrons. The predicted octanol–water partition coefficient (Wildman–Crippen LogP) is 1.39. The van der Waals surface area contributed by atoms with E-state index in [4.69, 9.17) is 15.2 Å². The third kappa shape index (κ3) is 5.71. The Morgan fingerprint density at radius 2 is 2.06 bits per heavy atom. The van der Waals surface area contributed by atoms with Crippen LogP contribution in [0.15, 0.2) is 29.4 Å². The average molecular weight is 463 g/mol. The number of ether oxygens (including phenoxy) is 2. The molecule has 1 aromatic carbocycles. The highest BCUT2D eigenvalue weighted by Gasteiger charge is 2.16. The number of nitrogens with zero attached hydrogens (tertiary/aromatic N) is 6. The second-order valence-corrected chi connectivity index (χ2v) is 8.54. The topological polar surface area (TPSA) is 116 Å². The number of hydrogen-bond donors (Lipinski definition) is 2. The average Bonchev–Trinajstić information content (AvgIpc) is 3.43. The van der Waals surface area contributed by atoms with Crippen molar-refractivity contribution in [2.45, 2.75) is 5.16 Å². The number of nitrogens with two attached hydrogens (primary N) is 1. The van der Waals surface area contributed by atoms with E-state index in [9.17, 15) is 0 Å². The molecule has 1 fully saturated rings. The van der Waals surface area contributed by atoms with E-state index >= 15 is 0 Å². The fourth-order valence-electron chi connectivity index (χ4n) is 3.13. The number of thioether (sulfide) groups is 1. The molecule has 12 heteroatoms. The zero-order valence-corrected chi connectivity index (χ0v) is 19.0. The summed E-state index contributed by atoms with van der Waals surface area (Å²) in [7, 11) is 0. The van der Waals surface area contributed by atoms with Crippen molar-refractivity contribution >= 4 is 29.0 Å². The SMILES string of the molecule is CSc1nc(N)n(-c2nnc(-c3ccccc3OCCNCCN3CCOCC3)s2)n1. The van der Waals surface area contributed by atoms with Crippen LogP contribution >= 0.6 is 23.1 Å². The monoisotopic (exact) mass is 462 g/mol. The summed E-state index contributed by atoms with van der Waals surface area (Å²) in [5.41, 5.74) is 6.85. The van der Waals surface area contributed by atoms with E-state index < -0.39 is 0 Å². The van der Waals surface area contributed by atoms with Crippen LogP contribution in [0.2, 0.25) is 0 Å². The van der Waals surface area contributed by atoms with Gasteiger partial charge in [-0.3, -0.25) is 4.90 Å². The van der Waals surface area contributed by atoms with Crippen molar-refractivity contribution in [3.05, 3.63) is 24.3 Å². The normalized spacial score (nSPS) is 14.7.